The third-order valence-electron chi connectivity index (χ3n) is 3.53. The normalized spacial score (nSPS) is 13.4. The Hall–Kier alpha value is -1.12. The summed E-state index contributed by atoms with van der Waals surface area (Å²) in [7, 11) is -1.99. The number of amides is 1. The van der Waals surface area contributed by atoms with Crippen LogP contribution in [0, 0.1) is 0 Å². The lowest BCUT2D eigenvalue weighted by Crippen LogP contribution is -2.44. The molecule has 0 aliphatic rings. The van der Waals surface area contributed by atoms with Gasteiger partial charge in [0.25, 0.3) is 0 Å². The summed E-state index contributed by atoms with van der Waals surface area (Å²) < 4.78 is 29.1. The molecule has 1 amide bonds. The number of carbonyl (C=O) groups is 1. The zero-order valence-electron chi connectivity index (χ0n) is 14.3. The molecule has 1 atom stereocenters. The second kappa shape index (κ2) is 8.31. The second-order valence-corrected chi connectivity index (χ2v) is 10.2. The van der Waals surface area contributed by atoms with Gasteiger partial charge in [0.1, 0.15) is 16.5 Å². The van der Waals surface area contributed by atoms with Crippen LogP contribution in [0.2, 0.25) is 0 Å². The summed E-state index contributed by atoms with van der Waals surface area (Å²) in [5.41, 5.74) is 0.769. The molecule has 0 spiro atoms. The van der Waals surface area contributed by atoms with E-state index in [1.807, 2.05) is 0 Å². The van der Waals surface area contributed by atoms with Gasteiger partial charge in [0.2, 0.25) is 5.91 Å². The number of hydrogen-bond donors (Lipinski definition) is 1. The molecule has 0 saturated heterocycles. The molecule has 1 aromatic carbocycles. The van der Waals surface area contributed by atoms with E-state index in [4.69, 9.17) is 4.74 Å². The molecular weight excluding hydrogens is 398 g/mol. The van der Waals surface area contributed by atoms with Gasteiger partial charge in [0.05, 0.1) is 18.5 Å². The Morgan fingerprint density at radius 2 is 1.83 bits per heavy atom. The molecule has 136 valence electrons. The van der Waals surface area contributed by atoms with E-state index >= 15 is 0 Å². The van der Waals surface area contributed by atoms with E-state index in [1.165, 1.54) is 4.90 Å². The van der Waals surface area contributed by atoms with Crippen molar-refractivity contribution in [2.24, 2.45) is 0 Å². The molecular formula is C16H24BrNO5S. The number of alkyl halides is 1. The van der Waals surface area contributed by atoms with E-state index < -0.39 is 37.8 Å². The Bertz CT molecular complexity index is 652. The molecule has 0 bridgehead atoms. The molecule has 8 heteroatoms. The first kappa shape index (κ1) is 20.9. The zero-order valence-corrected chi connectivity index (χ0v) is 16.7. The number of benzene rings is 1. The van der Waals surface area contributed by atoms with Gasteiger partial charge in [-0.15, -0.1) is 0 Å². The SMILES string of the molecule is COc1ccc(CN(CS(=O)(=O)C(C)(C)C)C(=O)[C@@H](Br)CO)cc1. The molecule has 0 aliphatic carbocycles. The second-order valence-electron chi connectivity index (χ2n) is 6.39. The van der Waals surface area contributed by atoms with Crippen LogP contribution in [-0.4, -0.2) is 53.5 Å². The standard InChI is InChI=1S/C16H24BrNO5S/c1-16(2,3)24(21,22)11-18(15(20)14(17)10-19)9-12-5-7-13(23-4)8-6-12/h5-8,14,19H,9-11H2,1-4H3/t14-/m0/s1. The number of methoxy groups -OCH3 is 1. The van der Waals surface area contributed by atoms with Crippen LogP contribution in [0.3, 0.4) is 0 Å². The third-order valence-corrected chi connectivity index (χ3v) is 6.73. The van der Waals surface area contributed by atoms with E-state index in [0.717, 1.165) is 5.56 Å². The molecule has 0 aliphatic heterocycles. The third kappa shape index (κ3) is 5.46. The number of halogens is 1. The van der Waals surface area contributed by atoms with Crippen LogP contribution in [-0.2, 0) is 21.2 Å². The number of aliphatic hydroxyl groups excluding tert-OH is 1. The highest BCUT2D eigenvalue weighted by molar-refractivity contribution is 9.10. The van der Waals surface area contributed by atoms with Gasteiger partial charge in [-0.2, -0.15) is 0 Å². The highest BCUT2D eigenvalue weighted by atomic mass is 79.9. The smallest absolute Gasteiger partial charge is 0.239 e. The first-order valence-corrected chi connectivity index (χ1v) is 9.97. The predicted octanol–water partition coefficient (Wildman–Crippen LogP) is 1.95. The van der Waals surface area contributed by atoms with Crippen molar-refractivity contribution in [3.05, 3.63) is 29.8 Å². The van der Waals surface area contributed by atoms with Crippen LogP contribution < -0.4 is 4.74 Å². The Labute approximate surface area is 151 Å². The molecule has 0 saturated carbocycles. The van der Waals surface area contributed by atoms with Crippen LogP contribution in [0.4, 0.5) is 0 Å². The monoisotopic (exact) mass is 421 g/mol. The van der Waals surface area contributed by atoms with Crippen LogP contribution in [0.15, 0.2) is 24.3 Å². The van der Waals surface area contributed by atoms with Crippen molar-refractivity contribution in [2.75, 3.05) is 19.6 Å². The number of rotatable bonds is 7. The summed E-state index contributed by atoms with van der Waals surface area (Å²) in [6.45, 7) is 4.50. The van der Waals surface area contributed by atoms with Gasteiger partial charge in [-0.05, 0) is 38.5 Å². The van der Waals surface area contributed by atoms with Crippen molar-refractivity contribution >= 4 is 31.7 Å². The average molecular weight is 422 g/mol. The lowest BCUT2D eigenvalue weighted by Gasteiger charge is -2.28. The van der Waals surface area contributed by atoms with E-state index in [0.29, 0.717) is 5.75 Å². The van der Waals surface area contributed by atoms with E-state index in [1.54, 1.807) is 52.1 Å². The average Bonchev–Trinajstić information content (AvgIpc) is 2.52. The van der Waals surface area contributed by atoms with E-state index in [2.05, 4.69) is 15.9 Å². The van der Waals surface area contributed by atoms with Crippen LogP contribution in [0.1, 0.15) is 26.3 Å². The topological polar surface area (TPSA) is 83.9 Å². The zero-order chi connectivity index (χ0) is 18.5. The van der Waals surface area contributed by atoms with E-state index in [-0.39, 0.29) is 6.54 Å². The molecule has 0 unspecified atom stereocenters. The van der Waals surface area contributed by atoms with Gasteiger partial charge in [-0.25, -0.2) is 8.42 Å². The van der Waals surface area contributed by atoms with Crippen molar-refractivity contribution in [2.45, 2.75) is 36.9 Å². The fraction of sp³-hybridized carbons (Fsp3) is 0.562. The van der Waals surface area contributed by atoms with Crippen molar-refractivity contribution in [3.8, 4) is 5.75 Å². The van der Waals surface area contributed by atoms with Crippen molar-refractivity contribution in [3.63, 3.8) is 0 Å². The summed E-state index contributed by atoms with van der Waals surface area (Å²) in [6, 6.07) is 7.03. The minimum atomic E-state index is -3.54. The van der Waals surface area contributed by atoms with Crippen molar-refractivity contribution in [1.29, 1.82) is 0 Å². The number of sulfone groups is 1. The number of hydrogen-bond acceptors (Lipinski definition) is 5. The summed E-state index contributed by atoms with van der Waals surface area (Å²) in [5, 5.41) is 9.19. The highest BCUT2D eigenvalue weighted by Gasteiger charge is 2.34. The van der Waals surface area contributed by atoms with Gasteiger partial charge in [0.15, 0.2) is 9.84 Å². The first-order valence-electron chi connectivity index (χ1n) is 7.40. The highest BCUT2D eigenvalue weighted by Crippen LogP contribution is 2.20. The number of nitrogens with zero attached hydrogens (tertiary/aromatic N) is 1. The summed E-state index contributed by atoms with van der Waals surface area (Å²) >= 11 is 3.08. The van der Waals surface area contributed by atoms with Crippen LogP contribution in [0.5, 0.6) is 5.75 Å². The summed E-state index contributed by atoms with van der Waals surface area (Å²) in [5.74, 6) is -0.211. The Morgan fingerprint density at radius 3 is 2.25 bits per heavy atom. The Balaban J connectivity index is 3.07. The summed E-state index contributed by atoms with van der Waals surface area (Å²) in [6.07, 6.45) is 0. The minimum absolute atomic E-state index is 0.125. The molecule has 6 nitrogen and oxygen atoms in total. The van der Waals surface area contributed by atoms with Crippen molar-refractivity contribution in [1.82, 2.24) is 4.90 Å². The summed E-state index contributed by atoms with van der Waals surface area (Å²) in [4.78, 5) is 12.8. The van der Waals surface area contributed by atoms with Gasteiger partial charge in [-0.1, -0.05) is 28.1 Å². The fourth-order valence-corrected chi connectivity index (χ4v) is 3.12. The molecule has 0 fully saturated rings. The van der Waals surface area contributed by atoms with Crippen LogP contribution >= 0.6 is 15.9 Å². The lowest BCUT2D eigenvalue weighted by molar-refractivity contribution is -0.130. The number of carbonyl (C=O) groups excluding carboxylic acids is 1. The maximum Gasteiger partial charge on any atom is 0.239 e. The quantitative estimate of drug-likeness (QED) is 0.680. The molecule has 1 aromatic rings. The lowest BCUT2D eigenvalue weighted by atomic mass is 10.2. The van der Waals surface area contributed by atoms with Gasteiger partial charge >= 0.3 is 0 Å². The predicted molar refractivity (Wildman–Crippen MR) is 96.9 cm³/mol. The molecule has 1 rings (SSSR count). The van der Waals surface area contributed by atoms with E-state index in [9.17, 15) is 18.3 Å². The fourth-order valence-electron chi connectivity index (χ4n) is 1.81. The van der Waals surface area contributed by atoms with Crippen molar-refractivity contribution < 1.29 is 23.1 Å². The maximum absolute atomic E-state index is 12.5. The molecule has 1 N–H and O–H groups in total. The minimum Gasteiger partial charge on any atom is -0.497 e. The van der Waals surface area contributed by atoms with Gasteiger partial charge < -0.3 is 14.7 Å². The Kier molecular flexibility index (Phi) is 7.25. The Morgan fingerprint density at radius 1 is 1.29 bits per heavy atom. The molecule has 0 aromatic heterocycles. The molecule has 0 radical (unpaired) electrons. The molecule has 24 heavy (non-hydrogen) atoms. The van der Waals surface area contributed by atoms with Crippen LogP contribution in [0.25, 0.3) is 0 Å². The molecule has 0 heterocycles. The van der Waals surface area contributed by atoms with Gasteiger partial charge in [-0.3, -0.25) is 4.79 Å². The van der Waals surface area contributed by atoms with Gasteiger partial charge in [0, 0.05) is 6.54 Å². The first-order chi connectivity index (χ1) is 11.0. The number of ether oxygens (including phenoxy) is 1. The maximum atomic E-state index is 12.5. The number of aliphatic hydroxyl groups is 1. The largest absolute Gasteiger partial charge is 0.497 e.